The lowest BCUT2D eigenvalue weighted by Crippen LogP contribution is -2.41. The number of carbonyl (C=O) groups is 1. The summed E-state index contributed by atoms with van der Waals surface area (Å²) in [6.45, 7) is 6.25. The van der Waals surface area contributed by atoms with E-state index in [1.54, 1.807) is 19.2 Å². The highest BCUT2D eigenvalue weighted by molar-refractivity contribution is 14.0. The number of aliphatic imine (C=N–C) groups is 1. The minimum atomic E-state index is -0.0971. The third kappa shape index (κ3) is 5.75. The van der Waals surface area contributed by atoms with Crippen molar-refractivity contribution in [1.82, 2.24) is 15.5 Å². The average molecular weight is 500 g/mol. The molecular formula is C21H33IN4O2. The highest BCUT2D eigenvalue weighted by atomic mass is 127. The molecule has 1 amide bonds. The Bertz CT molecular complexity index is 674. The van der Waals surface area contributed by atoms with Crippen LogP contribution < -0.4 is 15.4 Å². The van der Waals surface area contributed by atoms with Crippen LogP contribution in [0.4, 0.5) is 0 Å². The molecule has 7 heteroatoms. The summed E-state index contributed by atoms with van der Waals surface area (Å²) in [5, 5.41) is 6.35. The Kier molecular flexibility index (Phi) is 8.85. The van der Waals surface area contributed by atoms with Crippen LogP contribution in [0.1, 0.15) is 49.4 Å². The Hall–Kier alpha value is -1.51. The lowest BCUT2D eigenvalue weighted by atomic mass is 9.86. The van der Waals surface area contributed by atoms with Gasteiger partial charge in [0.2, 0.25) is 0 Å². The summed E-state index contributed by atoms with van der Waals surface area (Å²) < 4.78 is 5.17. The molecule has 1 aromatic rings. The standard InChI is InChI=1S/C21H32N4O2.HI/c1-3-22-20(25-14-11-21(16-25)9-4-5-10-21)24-13-12-23-19(26)17-7-6-8-18(15-17)27-2;/h6-8,15H,3-5,9-14,16H2,1-2H3,(H,22,24)(H,23,26);1H. The number of ether oxygens (including phenoxy) is 1. The van der Waals surface area contributed by atoms with Gasteiger partial charge >= 0.3 is 0 Å². The van der Waals surface area contributed by atoms with Gasteiger partial charge in [-0.15, -0.1) is 24.0 Å². The van der Waals surface area contributed by atoms with Gasteiger partial charge in [0.25, 0.3) is 5.91 Å². The van der Waals surface area contributed by atoms with Gasteiger partial charge in [-0.1, -0.05) is 18.9 Å². The average Bonchev–Trinajstić information content (AvgIpc) is 3.34. The molecule has 156 valence electrons. The van der Waals surface area contributed by atoms with Gasteiger partial charge in [0.05, 0.1) is 13.7 Å². The van der Waals surface area contributed by atoms with E-state index in [0.29, 0.717) is 29.8 Å². The molecule has 1 aromatic carbocycles. The third-order valence-electron chi connectivity index (χ3n) is 5.73. The molecule has 0 bridgehead atoms. The summed E-state index contributed by atoms with van der Waals surface area (Å²) in [6.07, 6.45) is 6.75. The first-order valence-electron chi connectivity index (χ1n) is 10.1. The number of nitrogens with one attached hydrogen (secondary N) is 2. The summed E-state index contributed by atoms with van der Waals surface area (Å²) in [7, 11) is 1.60. The Morgan fingerprint density at radius 1 is 1.25 bits per heavy atom. The molecule has 0 radical (unpaired) electrons. The first-order valence-corrected chi connectivity index (χ1v) is 10.1. The zero-order valence-electron chi connectivity index (χ0n) is 17.0. The fraction of sp³-hybridized carbons (Fsp3) is 0.619. The predicted molar refractivity (Wildman–Crippen MR) is 124 cm³/mol. The maximum atomic E-state index is 12.3. The molecule has 2 fully saturated rings. The lowest BCUT2D eigenvalue weighted by molar-refractivity contribution is 0.0954. The smallest absolute Gasteiger partial charge is 0.251 e. The molecule has 1 heterocycles. The van der Waals surface area contributed by atoms with Crippen molar-refractivity contribution in [2.75, 3.05) is 39.8 Å². The Morgan fingerprint density at radius 2 is 2.04 bits per heavy atom. The van der Waals surface area contributed by atoms with Crippen LogP contribution in [-0.2, 0) is 0 Å². The van der Waals surface area contributed by atoms with Crippen LogP contribution in [0.5, 0.6) is 5.75 Å². The van der Waals surface area contributed by atoms with E-state index >= 15 is 0 Å². The second-order valence-corrected chi connectivity index (χ2v) is 7.60. The summed E-state index contributed by atoms with van der Waals surface area (Å²) >= 11 is 0. The molecule has 6 nitrogen and oxygen atoms in total. The van der Waals surface area contributed by atoms with Crippen LogP contribution >= 0.6 is 24.0 Å². The van der Waals surface area contributed by atoms with Crippen molar-refractivity contribution in [3.8, 4) is 5.75 Å². The van der Waals surface area contributed by atoms with E-state index < -0.39 is 0 Å². The summed E-state index contributed by atoms with van der Waals surface area (Å²) in [5.41, 5.74) is 1.13. The highest BCUT2D eigenvalue weighted by Crippen LogP contribution is 2.45. The quantitative estimate of drug-likeness (QED) is 0.273. The molecule has 2 aliphatic rings. The second kappa shape index (κ2) is 10.9. The van der Waals surface area contributed by atoms with E-state index in [2.05, 4.69) is 22.5 Å². The first-order chi connectivity index (χ1) is 13.2. The summed E-state index contributed by atoms with van der Waals surface area (Å²) in [5.74, 6) is 1.57. The molecule has 3 rings (SSSR count). The number of halogens is 1. The number of amides is 1. The highest BCUT2D eigenvalue weighted by Gasteiger charge is 2.41. The number of rotatable bonds is 6. The van der Waals surface area contributed by atoms with Gasteiger partial charge in [-0.2, -0.15) is 0 Å². The topological polar surface area (TPSA) is 66.0 Å². The fourth-order valence-electron chi connectivity index (χ4n) is 4.27. The van der Waals surface area contributed by atoms with Crippen molar-refractivity contribution < 1.29 is 9.53 Å². The van der Waals surface area contributed by atoms with Gasteiger partial charge in [0.15, 0.2) is 5.96 Å². The van der Waals surface area contributed by atoms with Crippen molar-refractivity contribution in [3.63, 3.8) is 0 Å². The van der Waals surface area contributed by atoms with E-state index in [9.17, 15) is 4.79 Å². The molecule has 0 unspecified atom stereocenters. The van der Waals surface area contributed by atoms with Crippen LogP contribution in [0.2, 0.25) is 0 Å². The van der Waals surface area contributed by atoms with Gasteiger partial charge in [0.1, 0.15) is 5.75 Å². The number of hydrogen-bond donors (Lipinski definition) is 2. The van der Waals surface area contributed by atoms with Gasteiger partial charge in [-0.05, 0) is 49.8 Å². The van der Waals surface area contributed by atoms with Crippen molar-refractivity contribution in [1.29, 1.82) is 0 Å². The van der Waals surface area contributed by atoms with Crippen LogP contribution in [0, 0.1) is 5.41 Å². The maximum absolute atomic E-state index is 12.3. The number of hydrogen-bond acceptors (Lipinski definition) is 3. The van der Waals surface area contributed by atoms with Gasteiger partial charge < -0.3 is 20.3 Å². The molecule has 1 aliphatic heterocycles. The van der Waals surface area contributed by atoms with Gasteiger partial charge in [-0.3, -0.25) is 9.79 Å². The molecule has 1 saturated heterocycles. The van der Waals surface area contributed by atoms with Crippen molar-refractivity contribution in [2.24, 2.45) is 10.4 Å². The fourth-order valence-corrected chi connectivity index (χ4v) is 4.27. The van der Waals surface area contributed by atoms with Gasteiger partial charge in [0, 0.05) is 31.7 Å². The predicted octanol–water partition coefficient (Wildman–Crippen LogP) is 3.27. The largest absolute Gasteiger partial charge is 0.497 e. The summed E-state index contributed by atoms with van der Waals surface area (Å²) in [6, 6.07) is 7.18. The zero-order chi connectivity index (χ0) is 19.1. The van der Waals surface area contributed by atoms with Crippen molar-refractivity contribution >= 4 is 35.8 Å². The molecular weight excluding hydrogens is 467 g/mol. The first kappa shape index (κ1) is 22.8. The normalized spacial score (nSPS) is 18.1. The molecule has 0 atom stereocenters. The van der Waals surface area contributed by atoms with E-state index in [4.69, 9.17) is 9.73 Å². The lowest BCUT2D eigenvalue weighted by Gasteiger charge is -2.26. The Balaban J connectivity index is 0.00000280. The zero-order valence-corrected chi connectivity index (χ0v) is 19.3. The van der Waals surface area contributed by atoms with E-state index in [0.717, 1.165) is 25.6 Å². The second-order valence-electron chi connectivity index (χ2n) is 7.60. The number of carbonyl (C=O) groups excluding carboxylic acids is 1. The van der Waals surface area contributed by atoms with E-state index in [1.807, 2.05) is 12.1 Å². The monoisotopic (exact) mass is 500 g/mol. The molecule has 1 spiro atoms. The van der Waals surface area contributed by atoms with Crippen molar-refractivity contribution in [3.05, 3.63) is 29.8 Å². The summed E-state index contributed by atoms with van der Waals surface area (Å²) in [4.78, 5) is 19.4. The molecule has 28 heavy (non-hydrogen) atoms. The third-order valence-corrected chi connectivity index (χ3v) is 5.73. The van der Waals surface area contributed by atoms with Crippen LogP contribution in [0.3, 0.4) is 0 Å². The number of likely N-dealkylation sites (tertiary alicyclic amines) is 1. The number of nitrogens with zero attached hydrogens (tertiary/aromatic N) is 2. The minimum absolute atomic E-state index is 0. The van der Waals surface area contributed by atoms with Crippen LogP contribution in [0.25, 0.3) is 0 Å². The Labute approximate surface area is 185 Å². The minimum Gasteiger partial charge on any atom is -0.497 e. The number of benzene rings is 1. The SMILES string of the molecule is CCNC(=NCCNC(=O)c1cccc(OC)c1)N1CCC2(CCCC2)C1.I. The Morgan fingerprint density at radius 3 is 2.75 bits per heavy atom. The van der Waals surface area contributed by atoms with Crippen molar-refractivity contribution in [2.45, 2.75) is 39.0 Å². The van der Waals surface area contributed by atoms with Gasteiger partial charge in [-0.25, -0.2) is 0 Å². The number of guanidine groups is 1. The van der Waals surface area contributed by atoms with E-state index in [-0.39, 0.29) is 29.9 Å². The molecule has 0 aromatic heterocycles. The van der Waals surface area contributed by atoms with Crippen LogP contribution in [0.15, 0.2) is 29.3 Å². The van der Waals surface area contributed by atoms with E-state index in [1.165, 1.54) is 32.1 Å². The maximum Gasteiger partial charge on any atom is 0.251 e. The molecule has 1 saturated carbocycles. The molecule has 1 aliphatic carbocycles. The number of methoxy groups -OCH3 is 1. The molecule has 2 N–H and O–H groups in total. The van der Waals surface area contributed by atoms with Crippen LogP contribution in [-0.4, -0.2) is 56.6 Å².